The van der Waals surface area contributed by atoms with Crippen LogP contribution in [0.1, 0.15) is 35.9 Å². The molecule has 0 bridgehead atoms. The van der Waals surface area contributed by atoms with Gasteiger partial charge in [-0.05, 0) is 31.5 Å². The third-order valence-corrected chi connectivity index (χ3v) is 3.86. The number of carbonyl (C=O) groups excluding carboxylic acids is 1. The van der Waals surface area contributed by atoms with Crippen LogP contribution < -0.4 is 0 Å². The minimum absolute atomic E-state index is 0.00168. The fourth-order valence-corrected chi connectivity index (χ4v) is 2.62. The molecule has 2 rings (SSSR count). The third-order valence-electron chi connectivity index (χ3n) is 3.86. The smallest absolute Gasteiger partial charge is 0.338 e. The predicted octanol–water partition coefficient (Wildman–Crippen LogP) is 3.26. The van der Waals surface area contributed by atoms with E-state index in [1.54, 1.807) is 13.0 Å². The molecule has 5 heteroatoms. The number of carbonyl (C=O) groups is 1. The lowest BCUT2D eigenvalue weighted by molar-refractivity contribution is -0.321. The van der Waals surface area contributed by atoms with E-state index in [0.29, 0.717) is 12.3 Å². The van der Waals surface area contributed by atoms with Crippen molar-refractivity contribution in [3.8, 4) is 0 Å². The van der Waals surface area contributed by atoms with Gasteiger partial charge in [0.05, 0.1) is 18.3 Å². The van der Waals surface area contributed by atoms with Gasteiger partial charge in [-0.1, -0.05) is 30.3 Å². The highest BCUT2D eigenvalue weighted by Gasteiger charge is 2.42. The molecule has 0 amide bonds. The van der Waals surface area contributed by atoms with Gasteiger partial charge in [0, 0.05) is 20.4 Å². The van der Waals surface area contributed by atoms with Gasteiger partial charge >= 0.3 is 5.97 Å². The summed E-state index contributed by atoms with van der Waals surface area (Å²) in [4.78, 5) is 12.9. The molecule has 124 valence electrons. The number of nitrogens with zero attached hydrogens (tertiary/aromatic N) is 1. The van der Waals surface area contributed by atoms with Gasteiger partial charge < -0.3 is 18.8 Å². The van der Waals surface area contributed by atoms with Crippen molar-refractivity contribution in [2.24, 2.45) is 0 Å². The summed E-state index contributed by atoms with van der Waals surface area (Å²) in [6, 6.07) is 13.6. The van der Waals surface area contributed by atoms with Crippen LogP contribution in [0.3, 0.4) is 0 Å². The Morgan fingerprint density at radius 3 is 2.35 bits per heavy atom. The van der Waals surface area contributed by atoms with E-state index in [4.69, 9.17) is 14.2 Å². The molecule has 1 aromatic heterocycles. The number of benzene rings is 1. The summed E-state index contributed by atoms with van der Waals surface area (Å²) in [6.45, 7) is 4.11. The van der Waals surface area contributed by atoms with Gasteiger partial charge in [-0.15, -0.1) is 0 Å². The van der Waals surface area contributed by atoms with Crippen LogP contribution in [0, 0.1) is 0 Å². The molecule has 0 unspecified atom stereocenters. The Kier molecular flexibility index (Phi) is 5.71. The Morgan fingerprint density at radius 2 is 1.78 bits per heavy atom. The fourth-order valence-electron chi connectivity index (χ4n) is 2.62. The number of aromatic nitrogens is 1. The SMILES string of the molecule is CCOC(OC)(OC)C(=O)c1cccn1[C@H](C)c1ccccc1. The van der Waals surface area contributed by atoms with E-state index in [-0.39, 0.29) is 11.8 Å². The Morgan fingerprint density at radius 1 is 1.13 bits per heavy atom. The molecule has 5 nitrogen and oxygen atoms in total. The predicted molar refractivity (Wildman–Crippen MR) is 87.4 cm³/mol. The number of ketones is 1. The molecule has 1 heterocycles. The monoisotopic (exact) mass is 317 g/mol. The maximum atomic E-state index is 12.9. The van der Waals surface area contributed by atoms with Crippen LogP contribution >= 0.6 is 0 Å². The highest BCUT2D eigenvalue weighted by atomic mass is 16.9. The van der Waals surface area contributed by atoms with E-state index in [2.05, 4.69) is 0 Å². The molecule has 0 aliphatic carbocycles. The van der Waals surface area contributed by atoms with E-state index in [1.165, 1.54) is 14.2 Å². The number of methoxy groups -OCH3 is 2. The lowest BCUT2D eigenvalue weighted by Crippen LogP contribution is -2.46. The molecular formula is C18H23NO4. The second-order valence-corrected chi connectivity index (χ2v) is 5.11. The first kappa shape index (κ1) is 17.4. The molecule has 23 heavy (non-hydrogen) atoms. The first-order chi connectivity index (χ1) is 11.1. The van der Waals surface area contributed by atoms with Gasteiger partial charge in [0.25, 0.3) is 5.78 Å². The summed E-state index contributed by atoms with van der Waals surface area (Å²) >= 11 is 0. The van der Waals surface area contributed by atoms with Crippen LogP contribution in [0.4, 0.5) is 0 Å². The highest BCUT2D eigenvalue weighted by Crippen LogP contribution is 2.25. The van der Waals surface area contributed by atoms with Crippen LogP contribution in [-0.2, 0) is 14.2 Å². The number of hydrogen-bond donors (Lipinski definition) is 0. The molecule has 0 aliphatic rings. The van der Waals surface area contributed by atoms with Crippen molar-refractivity contribution in [1.29, 1.82) is 0 Å². The molecule has 0 aliphatic heterocycles. The van der Waals surface area contributed by atoms with Crippen molar-refractivity contribution in [2.75, 3.05) is 20.8 Å². The van der Waals surface area contributed by atoms with Gasteiger partial charge in [0.15, 0.2) is 0 Å². The zero-order valence-corrected chi connectivity index (χ0v) is 14.0. The normalized spacial score (nSPS) is 13.0. The standard InChI is InChI=1S/C18H23NO4/c1-5-23-18(21-3,22-4)17(20)16-12-9-13-19(16)14(2)15-10-7-6-8-11-15/h6-14H,5H2,1-4H3/t14-/m1/s1. The van der Waals surface area contributed by atoms with Crippen molar-refractivity contribution in [1.82, 2.24) is 4.57 Å². The van der Waals surface area contributed by atoms with Crippen molar-refractivity contribution in [3.63, 3.8) is 0 Å². The van der Waals surface area contributed by atoms with E-state index in [9.17, 15) is 4.79 Å². The Bertz CT molecular complexity index is 631. The van der Waals surface area contributed by atoms with Crippen molar-refractivity contribution < 1.29 is 19.0 Å². The maximum absolute atomic E-state index is 12.9. The molecule has 0 saturated carbocycles. The summed E-state index contributed by atoms with van der Waals surface area (Å²) in [6.07, 6.45) is 1.87. The first-order valence-corrected chi connectivity index (χ1v) is 7.60. The molecule has 1 aromatic carbocycles. The van der Waals surface area contributed by atoms with E-state index < -0.39 is 5.97 Å². The summed E-state index contributed by atoms with van der Waals surface area (Å²) in [5.74, 6) is -2.08. The quantitative estimate of drug-likeness (QED) is 0.554. The molecule has 2 aromatic rings. The maximum Gasteiger partial charge on any atom is 0.352 e. The Labute approximate surface area is 136 Å². The average molecular weight is 317 g/mol. The number of Topliss-reactive ketones (excluding diaryl/α,β-unsaturated/α-hetero) is 1. The van der Waals surface area contributed by atoms with Crippen LogP contribution in [0.2, 0.25) is 0 Å². The van der Waals surface area contributed by atoms with Gasteiger partial charge in [-0.3, -0.25) is 4.79 Å². The van der Waals surface area contributed by atoms with Crippen LogP contribution in [0.25, 0.3) is 0 Å². The van der Waals surface area contributed by atoms with E-state index in [1.807, 2.05) is 54.1 Å². The van der Waals surface area contributed by atoms with Gasteiger partial charge in [-0.25, -0.2) is 0 Å². The molecule has 0 fully saturated rings. The number of rotatable bonds is 8. The highest BCUT2D eigenvalue weighted by molar-refractivity contribution is 5.99. The zero-order valence-electron chi connectivity index (χ0n) is 14.0. The summed E-state index contributed by atoms with van der Waals surface area (Å²) < 4.78 is 17.8. The van der Waals surface area contributed by atoms with Crippen LogP contribution in [0.15, 0.2) is 48.7 Å². The van der Waals surface area contributed by atoms with Crippen LogP contribution in [-0.4, -0.2) is 37.1 Å². The Hall–Kier alpha value is -1.95. The molecule has 0 radical (unpaired) electrons. The molecule has 1 atom stereocenters. The molecule has 0 spiro atoms. The second-order valence-electron chi connectivity index (χ2n) is 5.11. The molecular weight excluding hydrogens is 294 g/mol. The largest absolute Gasteiger partial charge is 0.352 e. The number of ether oxygens (including phenoxy) is 3. The van der Waals surface area contributed by atoms with Crippen molar-refractivity contribution in [2.45, 2.75) is 25.9 Å². The topological polar surface area (TPSA) is 49.7 Å². The lowest BCUT2D eigenvalue weighted by atomic mass is 10.1. The van der Waals surface area contributed by atoms with E-state index >= 15 is 0 Å². The van der Waals surface area contributed by atoms with E-state index in [0.717, 1.165) is 5.56 Å². The fraction of sp³-hybridized carbons (Fsp3) is 0.389. The third kappa shape index (κ3) is 3.37. The minimum atomic E-state index is -1.72. The zero-order chi connectivity index (χ0) is 16.9. The number of hydrogen-bond acceptors (Lipinski definition) is 4. The first-order valence-electron chi connectivity index (χ1n) is 7.60. The van der Waals surface area contributed by atoms with Crippen molar-refractivity contribution in [3.05, 3.63) is 59.9 Å². The van der Waals surface area contributed by atoms with Crippen LogP contribution in [0.5, 0.6) is 0 Å². The summed E-state index contributed by atoms with van der Waals surface area (Å²) in [5.41, 5.74) is 1.58. The summed E-state index contributed by atoms with van der Waals surface area (Å²) in [5, 5.41) is 0. The van der Waals surface area contributed by atoms with Gasteiger partial charge in [0.1, 0.15) is 0 Å². The van der Waals surface area contributed by atoms with Gasteiger partial charge in [-0.2, -0.15) is 0 Å². The van der Waals surface area contributed by atoms with Crippen molar-refractivity contribution >= 4 is 5.78 Å². The summed E-state index contributed by atoms with van der Waals surface area (Å²) in [7, 11) is 2.79. The Balaban J connectivity index is 2.38. The minimum Gasteiger partial charge on any atom is -0.338 e. The lowest BCUT2D eigenvalue weighted by Gasteiger charge is -2.29. The molecule has 0 saturated heterocycles. The molecule has 0 N–H and O–H groups in total. The average Bonchev–Trinajstić information content (AvgIpc) is 3.09. The van der Waals surface area contributed by atoms with Gasteiger partial charge in [0.2, 0.25) is 0 Å². The second kappa shape index (κ2) is 7.55.